The van der Waals surface area contributed by atoms with Crippen LogP contribution in [0.4, 0.5) is 0 Å². The molecule has 1 aliphatic carbocycles. The fraction of sp³-hybridized carbons (Fsp3) is 0.929. The summed E-state index contributed by atoms with van der Waals surface area (Å²) in [5, 5.41) is 3.42. The van der Waals surface area contributed by atoms with Crippen molar-refractivity contribution in [3.05, 3.63) is 0 Å². The molecule has 118 valence electrons. The molecular weight excluding hydrogens is 272 g/mol. The minimum absolute atomic E-state index is 0.845. The molecule has 1 N–H and O–H groups in total. The first-order valence-corrected chi connectivity index (χ1v) is 9.58. The molecule has 1 aliphatic rings. The van der Waals surface area contributed by atoms with Crippen molar-refractivity contribution in [2.24, 2.45) is 4.99 Å². The van der Waals surface area contributed by atoms with Gasteiger partial charge in [-0.15, -0.1) is 0 Å². The molecule has 1 saturated carbocycles. The van der Waals surface area contributed by atoms with Crippen LogP contribution in [-0.2, 0) is 13.3 Å². The van der Waals surface area contributed by atoms with Gasteiger partial charge in [-0.1, -0.05) is 6.42 Å². The summed E-state index contributed by atoms with van der Waals surface area (Å²) in [6.45, 7) is 2.80. The van der Waals surface area contributed by atoms with Crippen molar-refractivity contribution in [1.29, 1.82) is 0 Å². The van der Waals surface area contributed by atoms with Crippen molar-refractivity contribution in [3.8, 4) is 0 Å². The average Bonchev–Trinajstić information content (AvgIpc) is 2.52. The highest BCUT2D eigenvalue weighted by atomic mass is 28.4. The first kappa shape index (κ1) is 17.8. The van der Waals surface area contributed by atoms with E-state index in [0.717, 1.165) is 32.1 Å². The zero-order valence-electron chi connectivity index (χ0n) is 13.2. The Hall–Kier alpha value is -0.273. The lowest BCUT2D eigenvalue weighted by Crippen LogP contribution is -2.43. The van der Waals surface area contributed by atoms with Gasteiger partial charge in [0.1, 0.15) is 0 Å². The van der Waals surface area contributed by atoms with Crippen LogP contribution in [-0.4, -0.2) is 55.5 Å². The fourth-order valence-corrected chi connectivity index (χ4v) is 4.24. The molecule has 0 bridgehead atoms. The molecule has 20 heavy (non-hydrogen) atoms. The number of nitrogens with one attached hydrogen (secondary N) is 1. The molecule has 6 heteroatoms. The smallest absolute Gasteiger partial charge is 0.377 e. The number of hydrogen-bond donors (Lipinski definition) is 1. The monoisotopic (exact) mass is 302 g/mol. The summed E-state index contributed by atoms with van der Waals surface area (Å²) in [5.41, 5.74) is 1.42. The number of aliphatic imine (C=N–C) groups is 1. The van der Waals surface area contributed by atoms with Gasteiger partial charge in [-0.05, 0) is 38.6 Å². The van der Waals surface area contributed by atoms with Crippen LogP contribution in [0.5, 0.6) is 0 Å². The molecule has 1 fully saturated rings. The van der Waals surface area contributed by atoms with Gasteiger partial charge in [-0.2, -0.15) is 0 Å². The third kappa shape index (κ3) is 6.45. The first-order chi connectivity index (χ1) is 9.76. The van der Waals surface area contributed by atoms with Crippen molar-refractivity contribution in [2.45, 2.75) is 44.6 Å². The van der Waals surface area contributed by atoms with Crippen molar-refractivity contribution in [3.63, 3.8) is 0 Å². The summed E-state index contributed by atoms with van der Waals surface area (Å²) in [7, 11) is 2.60. The standard InChI is InChI=1S/C14H30N2O3Si/c1-17-20(18-2,19-3)13-7-10-15-11-12-16-14-8-5-4-6-9-14/h15H,4-13H2,1-3H3. The highest BCUT2D eigenvalue weighted by Gasteiger charge is 2.36. The zero-order chi connectivity index (χ0) is 14.7. The summed E-state index contributed by atoms with van der Waals surface area (Å²) in [6, 6.07) is 0.845. The summed E-state index contributed by atoms with van der Waals surface area (Å²) in [5.74, 6) is 0. The Labute approximate surface area is 124 Å². The molecule has 0 unspecified atom stereocenters. The predicted octanol–water partition coefficient (Wildman–Crippen LogP) is 2.25. The third-order valence-corrected chi connectivity index (χ3v) is 6.66. The predicted molar refractivity (Wildman–Crippen MR) is 84.5 cm³/mol. The average molecular weight is 302 g/mol. The molecule has 0 radical (unpaired) electrons. The van der Waals surface area contributed by atoms with E-state index in [-0.39, 0.29) is 0 Å². The highest BCUT2D eigenvalue weighted by Crippen LogP contribution is 2.15. The lowest BCUT2D eigenvalue weighted by molar-refractivity contribution is 0.123. The second kappa shape index (κ2) is 10.5. The van der Waals surface area contributed by atoms with Gasteiger partial charge >= 0.3 is 8.80 Å². The van der Waals surface area contributed by atoms with Crippen LogP contribution in [0.2, 0.25) is 6.04 Å². The molecule has 0 aliphatic heterocycles. The molecule has 1 rings (SSSR count). The number of hydrogen-bond acceptors (Lipinski definition) is 5. The van der Waals surface area contributed by atoms with Crippen molar-refractivity contribution in [2.75, 3.05) is 41.0 Å². The summed E-state index contributed by atoms with van der Waals surface area (Å²) in [4.78, 5) is 4.67. The van der Waals surface area contributed by atoms with Crippen LogP contribution in [0.1, 0.15) is 38.5 Å². The Balaban J connectivity index is 2.04. The molecule has 0 heterocycles. The molecular formula is C14H30N2O3Si. The van der Waals surface area contributed by atoms with Gasteiger partial charge in [0.05, 0.1) is 6.54 Å². The van der Waals surface area contributed by atoms with E-state index in [1.807, 2.05) is 0 Å². The van der Waals surface area contributed by atoms with Crippen molar-refractivity contribution >= 4 is 14.5 Å². The van der Waals surface area contributed by atoms with Crippen LogP contribution < -0.4 is 5.32 Å². The zero-order valence-corrected chi connectivity index (χ0v) is 14.2. The lowest BCUT2D eigenvalue weighted by Gasteiger charge is -2.24. The van der Waals surface area contributed by atoms with Crippen LogP contribution in [0.3, 0.4) is 0 Å². The Morgan fingerprint density at radius 2 is 1.65 bits per heavy atom. The Kier molecular flexibility index (Phi) is 9.29. The van der Waals surface area contributed by atoms with Gasteiger partial charge in [0, 0.05) is 39.6 Å². The summed E-state index contributed by atoms with van der Waals surface area (Å²) in [6.07, 6.45) is 7.45. The van der Waals surface area contributed by atoms with Gasteiger partial charge in [-0.25, -0.2) is 0 Å². The maximum Gasteiger partial charge on any atom is 0.500 e. The second-order valence-electron chi connectivity index (χ2n) is 5.16. The van der Waals surface area contributed by atoms with Gasteiger partial charge < -0.3 is 18.6 Å². The molecule has 0 amide bonds. The topological polar surface area (TPSA) is 52.1 Å². The van der Waals surface area contributed by atoms with Crippen molar-refractivity contribution < 1.29 is 13.3 Å². The van der Waals surface area contributed by atoms with E-state index < -0.39 is 8.80 Å². The van der Waals surface area contributed by atoms with E-state index >= 15 is 0 Å². The van der Waals surface area contributed by atoms with Crippen molar-refractivity contribution in [1.82, 2.24) is 5.32 Å². The van der Waals surface area contributed by atoms with Crippen LogP contribution in [0.15, 0.2) is 4.99 Å². The lowest BCUT2D eigenvalue weighted by atomic mass is 9.99. The Morgan fingerprint density at radius 3 is 2.25 bits per heavy atom. The minimum Gasteiger partial charge on any atom is -0.377 e. The van der Waals surface area contributed by atoms with Gasteiger partial charge in [0.15, 0.2) is 0 Å². The quantitative estimate of drug-likeness (QED) is 0.497. The Morgan fingerprint density at radius 1 is 1.00 bits per heavy atom. The van der Waals surface area contributed by atoms with Gasteiger partial charge in [0.2, 0.25) is 0 Å². The molecule has 5 nitrogen and oxygen atoms in total. The largest absolute Gasteiger partial charge is 0.500 e. The number of rotatable bonds is 10. The summed E-state index contributed by atoms with van der Waals surface area (Å²) < 4.78 is 16.2. The third-order valence-electron chi connectivity index (χ3n) is 3.82. The fourth-order valence-electron chi connectivity index (χ4n) is 2.52. The molecule has 0 aromatic rings. The normalized spacial score (nSPS) is 16.4. The van der Waals surface area contributed by atoms with E-state index in [4.69, 9.17) is 13.3 Å². The minimum atomic E-state index is -2.38. The highest BCUT2D eigenvalue weighted by molar-refractivity contribution is 6.60. The Bertz CT molecular complexity index is 267. The van der Waals surface area contributed by atoms with E-state index in [1.165, 1.54) is 37.8 Å². The first-order valence-electron chi connectivity index (χ1n) is 7.64. The number of nitrogens with zero attached hydrogens (tertiary/aromatic N) is 1. The van der Waals surface area contributed by atoms with E-state index in [2.05, 4.69) is 10.3 Å². The van der Waals surface area contributed by atoms with Crippen LogP contribution in [0, 0.1) is 0 Å². The maximum absolute atomic E-state index is 5.39. The van der Waals surface area contributed by atoms with Crippen LogP contribution >= 0.6 is 0 Å². The molecule has 0 aromatic heterocycles. The molecule has 0 spiro atoms. The molecule has 0 saturated heterocycles. The maximum atomic E-state index is 5.39. The van der Waals surface area contributed by atoms with E-state index in [0.29, 0.717) is 0 Å². The SMILES string of the molecule is CO[Si](CCCNCCN=C1CCCCC1)(OC)OC. The molecule has 0 atom stereocenters. The second-order valence-corrected chi connectivity index (χ2v) is 8.25. The van der Waals surface area contributed by atoms with E-state index in [1.54, 1.807) is 21.3 Å². The molecule has 0 aromatic carbocycles. The van der Waals surface area contributed by atoms with Crippen LogP contribution in [0.25, 0.3) is 0 Å². The summed E-state index contributed by atoms with van der Waals surface area (Å²) >= 11 is 0. The van der Waals surface area contributed by atoms with Gasteiger partial charge in [0.25, 0.3) is 0 Å². The van der Waals surface area contributed by atoms with Gasteiger partial charge in [-0.3, -0.25) is 4.99 Å². The van der Waals surface area contributed by atoms with E-state index in [9.17, 15) is 0 Å².